The van der Waals surface area contributed by atoms with Crippen LogP contribution in [-0.4, -0.2) is 26.1 Å². The highest BCUT2D eigenvalue weighted by Gasteiger charge is 2.14. The quantitative estimate of drug-likeness (QED) is 0.508. The van der Waals surface area contributed by atoms with Gasteiger partial charge in [0.2, 0.25) is 0 Å². The van der Waals surface area contributed by atoms with Gasteiger partial charge in [0.05, 0.1) is 23.6 Å². The first-order valence-electron chi connectivity index (χ1n) is 8.00. The van der Waals surface area contributed by atoms with Crippen molar-refractivity contribution in [2.45, 2.75) is 13.8 Å². The molecular formula is C18H16N6OS. The molecule has 26 heavy (non-hydrogen) atoms. The Hall–Kier alpha value is -3.26. The highest BCUT2D eigenvalue weighted by atomic mass is 32.1. The summed E-state index contributed by atoms with van der Waals surface area (Å²) in [5, 5.41) is 14.7. The topological polar surface area (TPSA) is 95.6 Å². The highest BCUT2D eigenvalue weighted by molar-refractivity contribution is 7.17. The van der Waals surface area contributed by atoms with Crippen LogP contribution in [0.1, 0.15) is 20.9 Å². The van der Waals surface area contributed by atoms with Crippen LogP contribution in [0.15, 0.2) is 42.9 Å². The Morgan fingerprint density at radius 2 is 2.04 bits per heavy atom. The second-order valence-corrected chi connectivity index (χ2v) is 6.91. The summed E-state index contributed by atoms with van der Waals surface area (Å²) < 4.78 is 0. The van der Waals surface area contributed by atoms with Gasteiger partial charge >= 0.3 is 0 Å². The number of anilines is 3. The van der Waals surface area contributed by atoms with Crippen LogP contribution in [0.4, 0.5) is 16.5 Å². The van der Waals surface area contributed by atoms with Gasteiger partial charge in [-0.05, 0) is 37.6 Å². The number of rotatable bonds is 4. The van der Waals surface area contributed by atoms with Gasteiger partial charge in [0.25, 0.3) is 5.91 Å². The summed E-state index contributed by atoms with van der Waals surface area (Å²) in [6.07, 6.45) is 5.01. The first-order chi connectivity index (χ1) is 12.6. The summed E-state index contributed by atoms with van der Waals surface area (Å²) >= 11 is 1.30. The Labute approximate surface area is 153 Å². The molecule has 130 valence electrons. The number of carbonyl (C=O) groups is 1. The van der Waals surface area contributed by atoms with Gasteiger partial charge in [0.15, 0.2) is 5.13 Å². The maximum absolute atomic E-state index is 12.6. The van der Waals surface area contributed by atoms with Gasteiger partial charge in [0.1, 0.15) is 4.88 Å². The fourth-order valence-electron chi connectivity index (χ4n) is 2.65. The van der Waals surface area contributed by atoms with Crippen LogP contribution >= 0.6 is 11.3 Å². The highest BCUT2D eigenvalue weighted by Crippen LogP contribution is 2.28. The van der Waals surface area contributed by atoms with Crippen molar-refractivity contribution in [2.75, 3.05) is 10.6 Å². The van der Waals surface area contributed by atoms with Crippen molar-refractivity contribution >= 4 is 44.7 Å². The van der Waals surface area contributed by atoms with E-state index in [0.717, 1.165) is 33.5 Å². The predicted molar refractivity (Wildman–Crippen MR) is 103 cm³/mol. The number of benzene rings is 1. The van der Waals surface area contributed by atoms with Crippen LogP contribution in [0.2, 0.25) is 0 Å². The zero-order chi connectivity index (χ0) is 18.1. The Balaban J connectivity index is 1.55. The van der Waals surface area contributed by atoms with Gasteiger partial charge in [0, 0.05) is 23.0 Å². The molecule has 0 atom stereocenters. The molecule has 0 unspecified atom stereocenters. The number of hydrogen-bond donors (Lipinski definition) is 3. The van der Waals surface area contributed by atoms with Gasteiger partial charge < -0.3 is 10.6 Å². The molecule has 3 heterocycles. The number of aryl methyl sites for hydroxylation is 2. The number of nitrogens with zero attached hydrogens (tertiary/aromatic N) is 3. The average molecular weight is 364 g/mol. The zero-order valence-corrected chi connectivity index (χ0v) is 15.0. The lowest BCUT2D eigenvalue weighted by Crippen LogP contribution is -2.11. The minimum absolute atomic E-state index is 0.196. The Morgan fingerprint density at radius 1 is 1.15 bits per heavy atom. The van der Waals surface area contributed by atoms with Crippen LogP contribution in [0, 0.1) is 13.8 Å². The van der Waals surface area contributed by atoms with Gasteiger partial charge in [-0.1, -0.05) is 17.4 Å². The molecule has 0 saturated carbocycles. The second kappa shape index (κ2) is 6.57. The van der Waals surface area contributed by atoms with Gasteiger partial charge in [-0.2, -0.15) is 5.10 Å². The number of fused-ring (bicyclic) bond motifs is 1. The Bertz CT molecular complexity index is 1100. The van der Waals surface area contributed by atoms with Gasteiger partial charge in [-0.25, -0.2) is 4.98 Å². The molecule has 0 bridgehead atoms. The van der Waals surface area contributed by atoms with Crippen LogP contribution in [0.25, 0.3) is 10.9 Å². The molecule has 0 saturated heterocycles. The van der Waals surface area contributed by atoms with E-state index in [1.807, 2.05) is 38.1 Å². The first-order valence-corrected chi connectivity index (χ1v) is 8.81. The number of aromatic nitrogens is 4. The SMILES string of the molecule is Cc1cc(Nc2ncc(C(=O)Nc3c(C)ccc4[nH]ncc34)s2)ccn1. The van der Waals surface area contributed by atoms with Crippen molar-refractivity contribution in [2.24, 2.45) is 0 Å². The molecular weight excluding hydrogens is 348 g/mol. The molecule has 0 aliphatic heterocycles. The average Bonchev–Trinajstić information content (AvgIpc) is 3.27. The summed E-state index contributed by atoms with van der Waals surface area (Å²) in [6.45, 7) is 3.87. The number of H-pyrrole nitrogens is 1. The zero-order valence-electron chi connectivity index (χ0n) is 14.2. The smallest absolute Gasteiger partial charge is 0.267 e. The van der Waals surface area contributed by atoms with E-state index in [4.69, 9.17) is 0 Å². The molecule has 0 aliphatic rings. The van der Waals surface area contributed by atoms with Crippen LogP contribution in [0.5, 0.6) is 0 Å². The summed E-state index contributed by atoms with van der Waals surface area (Å²) in [6, 6.07) is 7.67. The van der Waals surface area contributed by atoms with E-state index >= 15 is 0 Å². The summed E-state index contributed by atoms with van der Waals surface area (Å²) in [7, 11) is 0. The molecule has 8 heteroatoms. The van der Waals surface area contributed by atoms with Gasteiger partial charge in [-0.3, -0.25) is 14.9 Å². The molecule has 0 spiro atoms. The van der Waals surface area contributed by atoms with Crippen molar-refractivity contribution < 1.29 is 4.79 Å². The number of amides is 1. The summed E-state index contributed by atoms with van der Waals surface area (Å²) in [5.41, 5.74) is 4.41. The maximum atomic E-state index is 12.6. The number of carbonyl (C=O) groups excluding carboxylic acids is 1. The number of aromatic amines is 1. The third-order valence-electron chi connectivity index (χ3n) is 3.95. The van der Waals surface area contributed by atoms with Crippen molar-refractivity contribution in [1.29, 1.82) is 0 Å². The van der Waals surface area contributed by atoms with Crippen LogP contribution in [-0.2, 0) is 0 Å². The molecule has 1 aromatic carbocycles. The first kappa shape index (κ1) is 16.2. The summed E-state index contributed by atoms with van der Waals surface area (Å²) in [4.78, 5) is 21.6. The van der Waals surface area contributed by atoms with E-state index in [1.54, 1.807) is 18.6 Å². The van der Waals surface area contributed by atoms with E-state index < -0.39 is 0 Å². The van der Waals surface area contributed by atoms with Crippen LogP contribution in [0.3, 0.4) is 0 Å². The Kier molecular flexibility index (Phi) is 4.10. The van der Waals surface area contributed by atoms with Crippen molar-refractivity contribution in [3.63, 3.8) is 0 Å². The lowest BCUT2D eigenvalue weighted by atomic mass is 10.1. The molecule has 0 aliphatic carbocycles. The monoisotopic (exact) mass is 364 g/mol. The van der Waals surface area contributed by atoms with Crippen LogP contribution < -0.4 is 10.6 Å². The molecule has 3 N–H and O–H groups in total. The second-order valence-electron chi connectivity index (χ2n) is 5.88. The Morgan fingerprint density at radius 3 is 2.88 bits per heavy atom. The standard InChI is InChI=1S/C18H16N6OS/c1-10-3-4-14-13(8-21-24-14)16(10)23-17(25)15-9-20-18(26-15)22-12-5-6-19-11(2)7-12/h3-9H,1-2H3,(H,21,24)(H,23,25)(H,19,20,22). The van der Waals surface area contributed by atoms with Gasteiger partial charge in [-0.15, -0.1) is 0 Å². The normalized spacial score (nSPS) is 10.8. The van der Waals surface area contributed by atoms with Crippen molar-refractivity contribution in [1.82, 2.24) is 20.2 Å². The molecule has 7 nitrogen and oxygen atoms in total. The van der Waals surface area contributed by atoms with E-state index in [9.17, 15) is 4.79 Å². The predicted octanol–water partition coefficient (Wildman–Crippen LogP) is 4.03. The molecule has 4 rings (SSSR count). The minimum Gasteiger partial charge on any atom is -0.331 e. The fourth-order valence-corrected chi connectivity index (χ4v) is 3.38. The van der Waals surface area contributed by atoms with Crippen molar-refractivity contribution in [3.05, 3.63) is 59.0 Å². The fraction of sp³-hybridized carbons (Fsp3) is 0.111. The molecule has 3 aromatic heterocycles. The lowest BCUT2D eigenvalue weighted by Gasteiger charge is -2.08. The summed E-state index contributed by atoms with van der Waals surface area (Å²) in [5.74, 6) is -0.196. The molecule has 0 fully saturated rings. The van der Waals surface area contributed by atoms with E-state index in [-0.39, 0.29) is 5.91 Å². The number of thiazole rings is 1. The third kappa shape index (κ3) is 3.14. The molecule has 0 radical (unpaired) electrons. The van der Waals surface area contributed by atoms with E-state index in [0.29, 0.717) is 10.0 Å². The largest absolute Gasteiger partial charge is 0.331 e. The van der Waals surface area contributed by atoms with Crippen molar-refractivity contribution in [3.8, 4) is 0 Å². The third-order valence-corrected chi connectivity index (χ3v) is 4.86. The number of nitrogens with one attached hydrogen (secondary N) is 3. The minimum atomic E-state index is -0.196. The number of pyridine rings is 1. The lowest BCUT2D eigenvalue weighted by molar-refractivity contribution is 0.103. The van der Waals surface area contributed by atoms with E-state index in [1.165, 1.54) is 11.3 Å². The van der Waals surface area contributed by atoms with E-state index in [2.05, 4.69) is 30.8 Å². The molecule has 1 amide bonds. The molecule has 4 aromatic rings. The number of hydrogen-bond acceptors (Lipinski definition) is 6. The maximum Gasteiger partial charge on any atom is 0.267 e.